The molecule has 1 aliphatic rings. The van der Waals surface area contributed by atoms with E-state index in [9.17, 15) is 9.90 Å². The molecular formula is C25H35N3O4. The maximum atomic E-state index is 11.3. The van der Waals surface area contributed by atoms with Gasteiger partial charge in [0.2, 0.25) is 0 Å². The Morgan fingerprint density at radius 1 is 1.22 bits per heavy atom. The van der Waals surface area contributed by atoms with E-state index in [4.69, 9.17) is 15.2 Å². The molecule has 3 rings (SSSR count). The lowest BCUT2D eigenvalue weighted by atomic mass is 9.86. The molecule has 2 atom stereocenters. The normalized spacial score (nSPS) is 19.9. The van der Waals surface area contributed by atoms with Gasteiger partial charge in [0.1, 0.15) is 17.6 Å². The molecule has 7 heteroatoms. The number of nitrogens with two attached hydrogens (primary N) is 1. The molecular weight excluding hydrogens is 406 g/mol. The molecule has 3 N–H and O–H groups in total. The zero-order chi connectivity index (χ0) is 23.3. The van der Waals surface area contributed by atoms with E-state index in [2.05, 4.69) is 42.8 Å². The van der Waals surface area contributed by atoms with E-state index in [1.54, 1.807) is 6.20 Å². The maximum absolute atomic E-state index is 11.3. The number of primary amides is 1. The van der Waals surface area contributed by atoms with Crippen molar-refractivity contribution >= 4 is 5.91 Å². The van der Waals surface area contributed by atoms with Gasteiger partial charge in [-0.3, -0.25) is 14.7 Å². The predicted molar refractivity (Wildman–Crippen MR) is 124 cm³/mol. The molecule has 174 valence electrons. The van der Waals surface area contributed by atoms with Crippen LogP contribution in [0.4, 0.5) is 0 Å². The summed E-state index contributed by atoms with van der Waals surface area (Å²) in [6, 6.07) is 9.90. The number of nitrogens with zero attached hydrogens (tertiary/aromatic N) is 2. The molecule has 1 amide bonds. The van der Waals surface area contributed by atoms with E-state index in [1.807, 2.05) is 25.1 Å². The van der Waals surface area contributed by atoms with Gasteiger partial charge < -0.3 is 20.3 Å². The lowest BCUT2D eigenvalue weighted by Crippen LogP contribution is -2.31. The van der Waals surface area contributed by atoms with Crippen molar-refractivity contribution in [3.05, 3.63) is 53.3 Å². The van der Waals surface area contributed by atoms with Gasteiger partial charge in [0.25, 0.3) is 5.91 Å². The Labute approximate surface area is 190 Å². The van der Waals surface area contributed by atoms with Gasteiger partial charge in [-0.25, -0.2) is 0 Å². The average molecular weight is 442 g/mol. The number of benzene rings is 1. The van der Waals surface area contributed by atoms with Gasteiger partial charge in [-0.1, -0.05) is 32.9 Å². The molecule has 2 aromatic rings. The Bertz CT molecular complexity index is 926. The van der Waals surface area contributed by atoms with Gasteiger partial charge in [0.05, 0.1) is 11.8 Å². The number of ether oxygens (including phenoxy) is 2. The Morgan fingerprint density at radius 3 is 2.66 bits per heavy atom. The molecule has 0 radical (unpaired) electrons. The number of aliphatic hydroxyl groups excluding tert-OH is 1. The SMILES string of the molecule is Cc1ncccc1O[C@H]1CCN(Cc2ccc(C(C)(C)C)cc2OCC(N)=O)CC[C@@H]1O. The minimum absolute atomic E-state index is 0.0366. The number of carbonyl (C=O) groups is 1. The highest BCUT2D eigenvalue weighted by Crippen LogP contribution is 2.30. The van der Waals surface area contributed by atoms with E-state index in [0.717, 1.165) is 29.9 Å². The maximum Gasteiger partial charge on any atom is 0.255 e. The summed E-state index contributed by atoms with van der Waals surface area (Å²) in [5, 5.41) is 10.7. The number of pyridine rings is 1. The van der Waals surface area contributed by atoms with Gasteiger partial charge >= 0.3 is 0 Å². The molecule has 2 heterocycles. The summed E-state index contributed by atoms with van der Waals surface area (Å²) >= 11 is 0. The first-order chi connectivity index (χ1) is 15.1. The molecule has 1 aromatic carbocycles. The number of aryl methyl sites for hydroxylation is 1. The number of amides is 1. The van der Waals surface area contributed by atoms with Crippen molar-refractivity contribution in [3.63, 3.8) is 0 Å². The second-order valence-electron chi connectivity index (χ2n) is 9.49. The summed E-state index contributed by atoms with van der Waals surface area (Å²) < 4.78 is 11.9. The fourth-order valence-electron chi connectivity index (χ4n) is 3.84. The highest BCUT2D eigenvalue weighted by Gasteiger charge is 2.27. The van der Waals surface area contributed by atoms with Gasteiger partial charge in [-0.15, -0.1) is 0 Å². The van der Waals surface area contributed by atoms with Gasteiger partial charge in [-0.2, -0.15) is 0 Å². The Balaban J connectivity index is 1.71. The van der Waals surface area contributed by atoms with Gasteiger partial charge in [-0.05, 0) is 48.9 Å². The van der Waals surface area contributed by atoms with Crippen molar-refractivity contribution in [2.75, 3.05) is 19.7 Å². The van der Waals surface area contributed by atoms with Crippen LogP contribution in [0.1, 0.15) is 50.4 Å². The quantitative estimate of drug-likeness (QED) is 0.686. The number of hydrogen-bond donors (Lipinski definition) is 2. The molecule has 0 bridgehead atoms. The van der Waals surface area contributed by atoms with Crippen LogP contribution in [0, 0.1) is 6.92 Å². The molecule has 1 saturated heterocycles. The lowest BCUT2D eigenvalue weighted by Gasteiger charge is -2.24. The highest BCUT2D eigenvalue weighted by molar-refractivity contribution is 5.75. The second-order valence-corrected chi connectivity index (χ2v) is 9.49. The monoisotopic (exact) mass is 441 g/mol. The average Bonchev–Trinajstić information content (AvgIpc) is 2.90. The first kappa shape index (κ1) is 24.0. The van der Waals surface area contributed by atoms with E-state index in [-0.39, 0.29) is 18.1 Å². The minimum atomic E-state index is -0.548. The first-order valence-electron chi connectivity index (χ1n) is 11.2. The number of likely N-dealkylation sites (tertiary alicyclic amines) is 1. The lowest BCUT2D eigenvalue weighted by molar-refractivity contribution is -0.119. The molecule has 1 fully saturated rings. The third-order valence-corrected chi connectivity index (χ3v) is 5.83. The molecule has 0 saturated carbocycles. The molecule has 32 heavy (non-hydrogen) atoms. The van der Waals surface area contributed by atoms with Crippen molar-refractivity contribution in [1.82, 2.24) is 9.88 Å². The summed E-state index contributed by atoms with van der Waals surface area (Å²) in [6.07, 6.45) is 2.22. The van der Waals surface area contributed by atoms with E-state index < -0.39 is 12.0 Å². The molecule has 1 aromatic heterocycles. The Kier molecular flexibility index (Phi) is 7.74. The van der Waals surface area contributed by atoms with Crippen molar-refractivity contribution in [1.29, 1.82) is 0 Å². The highest BCUT2D eigenvalue weighted by atomic mass is 16.5. The van der Waals surface area contributed by atoms with E-state index >= 15 is 0 Å². The van der Waals surface area contributed by atoms with Crippen LogP contribution >= 0.6 is 0 Å². The van der Waals surface area contributed by atoms with E-state index in [0.29, 0.717) is 30.9 Å². The van der Waals surface area contributed by atoms with Gasteiger partial charge in [0.15, 0.2) is 6.61 Å². The number of rotatable bonds is 7. The van der Waals surface area contributed by atoms with E-state index in [1.165, 1.54) is 0 Å². The Morgan fingerprint density at radius 2 is 1.97 bits per heavy atom. The predicted octanol–water partition coefficient (Wildman–Crippen LogP) is 2.96. The number of hydrogen-bond acceptors (Lipinski definition) is 6. The molecule has 0 aliphatic carbocycles. The molecule has 7 nitrogen and oxygen atoms in total. The molecule has 1 aliphatic heterocycles. The van der Waals surface area contributed by atoms with Crippen LogP contribution in [0.25, 0.3) is 0 Å². The van der Waals surface area contributed by atoms with Crippen LogP contribution < -0.4 is 15.2 Å². The zero-order valence-electron chi connectivity index (χ0n) is 19.5. The Hall–Kier alpha value is -2.64. The second kappa shape index (κ2) is 10.3. The van der Waals surface area contributed by atoms with Crippen LogP contribution in [-0.4, -0.2) is 52.8 Å². The van der Waals surface area contributed by atoms with Crippen LogP contribution in [0.15, 0.2) is 36.5 Å². The number of aliphatic hydroxyl groups is 1. The molecule has 0 unspecified atom stereocenters. The van der Waals surface area contributed by atoms with Gasteiger partial charge in [0, 0.05) is 31.4 Å². The van der Waals surface area contributed by atoms with Crippen LogP contribution in [0.3, 0.4) is 0 Å². The summed E-state index contributed by atoms with van der Waals surface area (Å²) in [5.74, 6) is 0.894. The number of aromatic nitrogens is 1. The smallest absolute Gasteiger partial charge is 0.255 e. The third-order valence-electron chi connectivity index (χ3n) is 5.83. The van der Waals surface area contributed by atoms with Crippen molar-refractivity contribution in [3.8, 4) is 11.5 Å². The standard InChI is InChI=1S/C25H35N3O4/c1-17-21(6-5-11-27-17)32-22-10-13-28(12-9-20(22)29)15-18-7-8-19(25(2,3)4)14-23(18)31-16-24(26)30/h5-8,11,14,20,22,29H,9-10,12-13,15-16H2,1-4H3,(H2,26,30)/t20-,22-/m0/s1. The third kappa shape index (κ3) is 6.43. The zero-order valence-corrected chi connectivity index (χ0v) is 19.5. The van der Waals surface area contributed by atoms with Crippen LogP contribution in [0.2, 0.25) is 0 Å². The van der Waals surface area contributed by atoms with Crippen molar-refractivity contribution < 1.29 is 19.4 Å². The van der Waals surface area contributed by atoms with Crippen molar-refractivity contribution in [2.24, 2.45) is 5.73 Å². The number of carbonyl (C=O) groups excluding carboxylic acids is 1. The summed E-state index contributed by atoms with van der Waals surface area (Å²) in [6.45, 7) is 10.3. The summed E-state index contributed by atoms with van der Waals surface area (Å²) in [7, 11) is 0. The topological polar surface area (TPSA) is 97.9 Å². The largest absolute Gasteiger partial charge is 0.486 e. The minimum Gasteiger partial charge on any atom is -0.486 e. The van der Waals surface area contributed by atoms with Crippen molar-refractivity contribution in [2.45, 2.75) is 64.7 Å². The fraction of sp³-hybridized carbons (Fsp3) is 0.520. The fourth-order valence-corrected chi connectivity index (χ4v) is 3.84. The van der Waals surface area contributed by atoms with Crippen LogP contribution in [0.5, 0.6) is 11.5 Å². The summed E-state index contributed by atoms with van der Waals surface area (Å²) in [5.41, 5.74) is 8.21. The summed E-state index contributed by atoms with van der Waals surface area (Å²) in [4.78, 5) is 17.8. The molecule has 0 spiro atoms. The first-order valence-corrected chi connectivity index (χ1v) is 11.2. The van der Waals surface area contributed by atoms with Crippen LogP contribution in [-0.2, 0) is 16.8 Å².